The molecule has 0 aliphatic carbocycles. The fourth-order valence-corrected chi connectivity index (χ4v) is 7.79. The number of anilines is 5. The van der Waals surface area contributed by atoms with Gasteiger partial charge < -0.3 is 41.0 Å². The lowest BCUT2D eigenvalue weighted by atomic mass is 10.00. The van der Waals surface area contributed by atoms with Gasteiger partial charge in [-0.1, -0.05) is 11.6 Å². The molecule has 2 fully saturated rings. The molecule has 3 aliphatic rings. The van der Waals surface area contributed by atoms with E-state index in [0.717, 1.165) is 35.5 Å². The number of fused-ring (bicyclic) bond motifs is 1. The smallest absolute Gasteiger partial charge is 0.281 e. The highest BCUT2D eigenvalue weighted by atomic mass is 35.5. The van der Waals surface area contributed by atoms with Crippen molar-refractivity contribution in [1.82, 2.24) is 50.1 Å². The van der Waals surface area contributed by atoms with Gasteiger partial charge in [0.15, 0.2) is 5.82 Å². The Labute approximate surface area is 333 Å². The highest BCUT2D eigenvalue weighted by molar-refractivity contribution is 6.30. The van der Waals surface area contributed by atoms with Gasteiger partial charge in [0.25, 0.3) is 6.43 Å². The summed E-state index contributed by atoms with van der Waals surface area (Å²) in [4.78, 5) is 56.5. The van der Waals surface area contributed by atoms with Crippen LogP contribution in [0.1, 0.15) is 53.3 Å². The lowest BCUT2D eigenvalue weighted by Crippen LogP contribution is -2.48. The Morgan fingerprint density at radius 3 is 2.39 bits per heavy atom. The van der Waals surface area contributed by atoms with Crippen LogP contribution in [0.4, 0.5) is 38.4 Å². The van der Waals surface area contributed by atoms with Crippen LogP contribution in [-0.4, -0.2) is 130 Å². The molecule has 4 aromatic rings. The second-order valence-corrected chi connectivity index (χ2v) is 14.5. The first-order valence-corrected chi connectivity index (χ1v) is 19.2. The van der Waals surface area contributed by atoms with Gasteiger partial charge in [0, 0.05) is 93.8 Å². The maximum absolute atomic E-state index is 14.0. The Hall–Kier alpha value is -5.34. The predicted molar refractivity (Wildman–Crippen MR) is 210 cm³/mol. The van der Waals surface area contributed by atoms with Gasteiger partial charge in [-0.25, -0.2) is 23.7 Å². The second-order valence-electron chi connectivity index (χ2n) is 14.2. The first kappa shape index (κ1) is 39.9. The Morgan fingerprint density at radius 2 is 1.68 bits per heavy atom. The lowest BCUT2D eigenvalue weighted by molar-refractivity contribution is -0.121. The SMILES string of the molecule is COc1c(C)cnc(CN2C[C@H](CC(=O)NCCCN3CCN(c4nc(-c5cnc(N)nc5C(F)F)nc(N5CCOCC5)n4)CC3)c3c(Cl)nc(N)nc32)c1C. The minimum Gasteiger partial charge on any atom is -0.496 e. The number of piperazine rings is 1. The number of nitrogens with zero attached hydrogens (tertiary/aromatic N) is 12. The standard InChI is InChI=1S/C36H46ClF2N15O3/c1-20-16-43-24(21(2)28(20)56-3)19-54-18-22(26-29(37)46-34(41)49-32(26)54)15-25(55)42-5-4-6-51-7-9-52(10-8-51)35-47-31(23-17-44-33(40)45-27(23)30(38)39)48-36(50-35)53-11-13-57-14-12-53/h16-17,22,30H,4-15,18-19H2,1-3H3,(H,42,55)(H2,40,44,45)(H2,41,46,49)/t22-/m0/s1. The third-order valence-corrected chi connectivity index (χ3v) is 10.7. The molecule has 0 radical (unpaired) electrons. The van der Waals surface area contributed by atoms with Crippen molar-refractivity contribution in [2.75, 3.05) is 105 Å². The van der Waals surface area contributed by atoms with Gasteiger partial charge in [0.2, 0.25) is 29.7 Å². The summed E-state index contributed by atoms with van der Waals surface area (Å²) in [5.41, 5.74) is 14.5. The molecule has 3 aliphatic heterocycles. The van der Waals surface area contributed by atoms with Crippen molar-refractivity contribution < 1.29 is 23.0 Å². The normalized spacial score (nSPS) is 17.3. The lowest BCUT2D eigenvalue weighted by Gasteiger charge is -2.35. The van der Waals surface area contributed by atoms with E-state index in [1.165, 1.54) is 6.20 Å². The van der Waals surface area contributed by atoms with Gasteiger partial charge in [-0.3, -0.25) is 14.7 Å². The number of aromatic nitrogens is 8. The van der Waals surface area contributed by atoms with Crippen LogP contribution < -0.4 is 36.2 Å². The molecule has 304 valence electrons. The molecule has 5 N–H and O–H groups in total. The monoisotopic (exact) mass is 809 g/mol. The van der Waals surface area contributed by atoms with E-state index < -0.39 is 12.1 Å². The third kappa shape index (κ3) is 8.97. The molecule has 7 rings (SSSR count). The van der Waals surface area contributed by atoms with E-state index >= 15 is 0 Å². The summed E-state index contributed by atoms with van der Waals surface area (Å²) in [6.45, 7) is 10.9. The number of nitrogens with one attached hydrogen (secondary N) is 1. The molecule has 0 bridgehead atoms. The number of carbonyl (C=O) groups excluding carboxylic acids is 1. The molecule has 0 aromatic carbocycles. The van der Waals surface area contributed by atoms with Crippen LogP contribution in [-0.2, 0) is 16.1 Å². The first-order valence-electron chi connectivity index (χ1n) is 18.8. The number of carbonyl (C=O) groups is 1. The molecule has 21 heteroatoms. The van der Waals surface area contributed by atoms with Crippen LogP contribution in [0.3, 0.4) is 0 Å². The van der Waals surface area contributed by atoms with Gasteiger partial charge in [-0.15, -0.1) is 0 Å². The fourth-order valence-electron chi connectivity index (χ4n) is 7.47. The summed E-state index contributed by atoms with van der Waals surface area (Å²) in [6.07, 6.45) is 1.06. The summed E-state index contributed by atoms with van der Waals surface area (Å²) in [7, 11) is 1.64. The molecule has 4 aromatic heterocycles. The molecular formula is C36H46ClF2N15O3. The number of halogens is 3. The summed E-state index contributed by atoms with van der Waals surface area (Å²) < 4.78 is 39.1. The average Bonchev–Trinajstić information content (AvgIpc) is 3.54. The maximum atomic E-state index is 14.0. The van der Waals surface area contributed by atoms with Crippen molar-refractivity contribution in [3.63, 3.8) is 0 Å². The molecule has 18 nitrogen and oxygen atoms in total. The average molecular weight is 810 g/mol. The van der Waals surface area contributed by atoms with E-state index in [1.807, 2.05) is 28.5 Å². The van der Waals surface area contributed by atoms with Gasteiger partial charge in [-0.2, -0.15) is 19.9 Å². The van der Waals surface area contributed by atoms with Gasteiger partial charge in [0.05, 0.1) is 38.1 Å². The van der Waals surface area contributed by atoms with E-state index in [4.69, 9.17) is 37.5 Å². The van der Waals surface area contributed by atoms with Crippen molar-refractivity contribution in [2.24, 2.45) is 0 Å². The first-order chi connectivity index (χ1) is 27.5. The van der Waals surface area contributed by atoms with Gasteiger partial charge >= 0.3 is 0 Å². The number of nitrogen functional groups attached to an aromatic ring is 2. The fraction of sp³-hybridized carbons (Fsp3) is 0.528. The van der Waals surface area contributed by atoms with Crippen LogP contribution in [0.2, 0.25) is 5.15 Å². The number of hydrogen-bond acceptors (Lipinski definition) is 17. The molecular weight excluding hydrogens is 764 g/mol. The predicted octanol–water partition coefficient (Wildman–Crippen LogP) is 2.55. The number of hydrogen-bond donors (Lipinski definition) is 3. The molecule has 0 unspecified atom stereocenters. The summed E-state index contributed by atoms with van der Waals surface area (Å²) >= 11 is 6.60. The molecule has 2 saturated heterocycles. The largest absolute Gasteiger partial charge is 0.496 e. The Morgan fingerprint density at radius 1 is 0.965 bits per heavy atom. The van der Waals surface area contributed by atoms with Crippen LogP contribution in [0.5, 0.6) is 5.75 Å². The minimum atomic E-state index is -2.90. The molecule has 0 saturated carbocycles. The molecule has 0 spiro atoms. The van der Waals surface area contributed by atoms with Gasteiger partial charge in [-0.05, 0) is 26.8 Å². The number of pyridine rings is 1. The Balaban J connectivity index is 0.935. The number of aryl methyl sites for hydroxylation is 1. The van der Waals surface area contributed by atoms with Crippen LogP contribution in [0.25, 0.3) is 11.4 Å². The number of nitrogens with two attached hydrogens (primary N) is 2. The maximum Gasteiger partial charge on any atom is 0.281 e. The summed E-state index contributed by atoms with van der Waals surface area (Å²) in [5.74, 6) is 1.68. The van der Waals surface area contributed by atoms with Gasteiger partial charge in [0.1, 0.15) is 22.4 Å². The zero-order valence-electron chi connectivity index (χ0n) is 32.1. The zero-order chi connectivity index (χ0) is 40.2. The molecule has 1 atom stereocenters. The van der Waals surface area contributed by atoms with E-state index in [0.29, 0.717) is 95.4 Å². The third-order valence-electron chi connectivity index (χ3n) is 10.4. The second kappa shape index (κ2) is 17.4. The zero-order valence-corrected chi connectivity index (χ0v) is 32.8. The number of ether oxygens (including phenoxy) is 2. The quantitative estimate of drug-likeness (QED) is 0.131. The van der Waals surface area contributed by atoms with Crippen molar-refractivity contribution in [3.8, 4) is 17.1 Å². The highest BCUT2D eigenvalue weighted by Crippen LogP contribution is 2.42. The van der Waals surface area contributed by atoms with Crippen molar-refractivity contribution in [2.45, 2.75) is 45.6 Å². The Bertz CT molecular complexity index is 2090. The highest BCUT2D eigenvalue weighted by Gasteiger charge is 2.35. The number of methoxy groups -OCH3 is 1. The number of rotatable bonds is 13. The van der Waals surface area contributed by atoms with Crippen molar-refractivity contribution in [3.05, 3.63) is 45.6 Å². The van der Waals surface area contributed by atoms with Crippen molar-refractivity contribution in [1.29, 1.82) is 0 Å². The topological polar surface area (TPSA) is 216 Å². The van der Waals surface area contributed by atoms with E-state index in [-0.39, 0.29) is 46.7 Å². The number of alkyl halides is 2. The summed E-state index contributed by atoms with van der Waals surface area (Å²) in [5, 5.41) is 3.31. The van der Waals surface area contributed by atoms with E-state index in [1.54, 1.807) is 13.3 Å². The number of amides is 1. The minimum absolute atomic E-state index is 0.00399. The molecule has 57 heavy (non-hydrogen) atoms. The Kier molecular flexibility index (Phi) is 12.2. The van der Waals surface area contributed by atoms with Crippen LogP contribution in [0.15, 0.2) is 12.4 Å². The van der Waals surface area contributed by atoms with Crippen LogP contribution >= 0.6 is 11.6 Å². The molecule has 1 amide bonds. The summed E-state index contributed by atoms with van der Waals surface area (Å²) in [6, 6.07) is 0. The van der Waals surface area contributed by atoms with E-state index in [9.17, 15) is 13.6 Å². The number of morpholine rings is 1. The van der Waals surface area contributed by atoms with Crippen molar-refractivity contribution >= 4 is 47.1 Å². The van der Waals surface area contributed by atoms with Crippen LogP contribution in [0, 0.1) is 13.8 Å². The molecule has 7 heterocycles. The van der Waals surface area contributed by atoms with E-state index in [2.05, 4.69) is 45.1 Å².